The molecule has 0 saturated carbocycles. The monoisotopic (exact) mass is 256 g/mol. The van der Waals surface area contributed by atoms with Gasteiger partial charge in [0.1, 0.15) is 6.10 Å². The first kappa shape index (κ1) is 13.1. The Morgan fingerprint density at radius 2 is 1.94 bits per heavy atom. The van der Waals surface area contributed by atoms with E-state index in [1.807, 2.05) is 6.08 Å². The highest BCUT2D eigenvalue weighted by atomic mass is 19.4. The molecule has 18 heavy (non-hydrogen) atoms. The molecule has 1 aromatic rings. The number of alkyl halides is 3. The molecule has 0 spiro atoms. The fourth-order valence-corrected chi connectivity index (χ4v) is 2.21. The highest BCUT2D eigenvalue weighted by Gasteiger charge is 2.31. The molecule has 4 heteroatoms. The number of halogens is 3. The SMILES string of the molecule is OC(C1=CCCCC1)c1cccc(C(F)(F)F)c1. The quantitative estimate of drug-likeness (QED) is 0.785. The van der Waals surface area contributed by atoms with Crippen LogP contribution in [0.15, 0.2) is 35.9 Å². The van der Waals surface area contributed by atoms with E-state index in [0.717, 1.165) is 43.4 Å². The Morgan fingerprint density at radius 3 is 2.56 bits per heavy atom. The topological polar surface area (TPSA) is 20.2 Å². The molecule has 1 atom stereocenters. The summed E-state index contributed by atoms with van der Waals surface area (Å²) in [5, 5.41) is 10.1. The van der Waals surface area contributed by atoms with E-state index in [1.54, 1.807) is 0 Å². The van der Waals surface area contributed by atoms with E-state index in [1.165, 1.54) is 12.1 Å². The van der Waals surface area contributed by atoms with Gasteiger partial charge < -0.3 is 5.11 Å². The van der Waals surface area contributed by atoms with E-state index in [4.69, 9.17) is 0 Å². The van der Waals surface area contributed by atoms with Crippen LogP contribution in [0.25, 0.3) is 0 Å². The number of hydrogen-bond acceptors (Lipinski definition) is 1. The highest BCUT2D eigenvalue weighted by molar-refractivity contribution is 5.32. The van der Waals surface area contributed by atoms with Crippen LogP contribution in [0.1, 0.15) is 42.9 Å². The van der Waals surface area contributed by atoms with Gasteiger partial charge in [-0.2, -0.15) is 13.2 Å². The predicted octanol–water partition coefficient (Wildman–Crippen LogP) is 4.24. The Balaban J connectivity index is 2.25. The minimum Gasteiger partial charge on any atom is -0.384 e. The average molecular weight is 256 g/mol. The van der Waals surface area contributed by atoms with Gasteiger partial charge in [0.25, 0.3) is 0 Å². The number of hydrogen-bond donors (Lipinski definition) is 1. The molecule has 0 saturated heterocycles. The van der Waals surface area contributed by atoms with Gasteiger partial charge in [0.15, 0.2) is 0 Å². The summed E-state index contributed by atoms with van der Waals surface area (Å²) in [7, 11) is 0. The van der Waals surface area contributed by atoms with Gasteiger partial charge in [0, 0.05) is 0 Å². The van der Waals surface area contributed by atoms with Crippen molar-refractivity contribution in [2.24, 2.45) is 0 Å². The maximum Gasteiger partial charge on any atom is 0.416 e. The molecule has 0 heterocycles. The van der Waals surface area contributed by atoms with Crippen LogP contribution >= 0.6 is 0 Å². The van der Waals surface area contributed by atoms with Crippen LogP contribution in [0.3, 0.4) is 0 Å². The smallest absolute Gasteiger partial charge is 0.384 e. The second-order valence-electron chi connectivity index (χ2n) is 4.55. The molecule has 2 rings (SSSR count). The van der Waals surface area contributed by atoms with Crippen LogP contribution in [-0.2, 0) is 6.18 Å². The van der Waals surface area contributed by atoms with Crippen molar-refractivity contribution in [2.45, 2.75) is 38.0 Å². The van der Waals surface area contributed by atoms with Gasteiger partial charge in [-0.3, -0.25) is 0 Å². The Bertz CT molecular complexity index is 449. The maximum atomic E-state index is 12.6. The third-order valence-corrected chi connectivity index (χ3v) is 3.21. The summed E-state index contributed by atoms with van der Waals surface area (Å²) in [5.74, 6) is 0. The lowest BCUT2D eigenvalue weighted by molar-refractivity contribution is -0.137. The normalized spacial score (nSPS) is 18.3. The van der Waals surface area contributed by atoms with Crippen LogP contribution < -0.4 is 0 Å². The lowest BCUT2D eigenvalue weighted by atomic mass is 9.91. The van der Waals surface area contributed by atoms with E-state index in [-0.39, 0.29) is 0 Å². The first-order valence-corrected chi connectivity index (χ1v) is 6.02. The Kier molecular flexibility index (Phi) is 3.76. The average Bonchev–Trinajstić information content (AvgIpc) is 2.38. The van der Waals surface area contributed by atoms with Gasteiger partial charge in [0.2, 0.25) is 0 Å². The molecule has 1 aliphatic carbocycles. The summed E-state index contributed by atoms with van der Waals surface area (Å²) in [6, 6.07) is 4.92. The first-order chi connectivity index (χ1) is 8.48. The number of aliphatic hydroxyl groups is 1. The van der Waals surface area contributed by atoms with Crippen molar-refractivity contribution in [3.63, 3.8) is 0 Å². The van der Waals surface area contributed by atoms with Crippen molar-refractivity contribution in [3.8, 4) is 0 Å². The lowest BCUT2D eigenvalue weighted by Gasteiger charge is -2.19. The molecule has 1 aliphatic rings. The molecule has 0 amide bonds. The van der Waals surface area contributed by atoms with E-state index in [0.29, 0.717) is 5.56 Å². The number of aliphatic hydroxyl groups excluding tert-OH is 1. The van der Waals surface area contributed by atoms with Crippen LogP contribution in [0.5, 0.6) is 0 Å². The molecular formula is C14H15F3O. The lowest BCUT2D eigenvalue weighted by Crippen LogP contribution is -2.09. The van der Waals surface area contributed by atoms with Crippen molar-refractivity contribution in [3.05, 3.63) is 47.0 Å². The molecule has 1 unspecified atom stereocenters. The number of allylic oxidation sites excluding steroid dienone is 1. The minimum absolute atomic E-state index is 0.318. The molecule has 0 aliphatic heterocycles. The van der Waals surface area contributed by atoms with Gasteiger partial charge in [-0.25, -0.2) is 0 Å². The van der Waals surface area contributed by atoms with Gasteiger partial charge in [-0.05, 0) is 49.0 Å². The summed E-state index contributed by atoms with van der Waals surface area (Å²) >= 11 is 0. The van der Waals surface area contributed by atoms with Crippen LogP contribution in [-0.4, -0.2) is 5.11 Å². The molecule has 98 valence electrons. The Hall–Kier alpha value is -1.29. The molecule has 0 fully saturated rings. The summed E-state index contributed by atoms with van der Waals surface area (Å²) < 4.78 is 37.7. The summed E-state index contributed by atoms with van der Waals surface area (Å²) in [5.41, 5.74) is 0.439. The summed E-state index contributed by atoms with van der Waals surface area (Å²) in [4.78, 5) is 0. The third-order valence-electron chi connectivity index (χ3n) is 3.21. The number of rotatable bonds is 2. The van der Waals surface area contributed by atoms with Crippen molar-refractivity contribution in [1.82, 2.24) is 0 Å². The molecule has 1 nitrogen and oxygen atoms in total. The Morgan fingerprint density at radius 1 is 1.17 bits per heavy atom. The fourth-order valence-electron chi connectivity index (χ4n) is 2.21. The zero-order valence-corrected chi connectivity index (χ0v) is 9.87. The van der Waals surface area contributed by atoms with E-state index < -0.39 is 17.8 Å². The van der Waals surface area contributed by atoms with Gasteiger partial charge in [-0.1, -0.05) is 18.2 Å². The van der Waals surface area contributed by atoms with Gasteiger partial charge in [-0.15, -0.1) is 0 Å². The van der Waals surface area contributed by atoms with Crippen molar-refractivity contribution in [2.75, 3.05) is 0 Å². The summed E-state index contributed by atoms with van der Waals surface area (Å²) in [6.07, 6.45) is 0.391. The van der Waals surface area contributed by atoms with E-state index in [2.05, 4.69) is 0 Å². The standard InChI is InChI=1S/C14H15F3O/c15-14(16,17)12-8-4-7-11(9-12)13(18)10-5-2-1-3-6-10/h4-5,7-9,13,18H,1-3,6H2. The zero-order chi connectivity index (χ0) is 13.2. The van der Waals surface area contributed by atoms with Crippen LogP contribution in [0, 0.1) is 0 Å². The Labute approximate surface area is 104 Å². The molecule has 0 bridgehead atoms. The summed E-state index contributed by atoms with van der Waals surface area (Å²) in [6.45, 7) is 0. The molecule has 1 aromatic carbocycles. The van der Waals surface area contributed by atoms with Gasteiger partial charge >= 0.3 is 6.18 Å². The molecule has 0 radical (unpaired) electrons. The highest BCUT2D eigenvalue weighted by Crippen LogP contribution is 2.34. The van der Waals surface area contributed by atoms with Crippen LogP contribution in [0.4, 0.5) is 13.2 Å². The second-order valence-corrected chi connectivity index (χ2v) is 4.55. The van der Waals surface area contributed by atoms with E-state index >= 15 is 0 Å². The van der Waals surface area contributed by atoms with Gasteiger partial charge in [0.05, 0.1) is 5.56 Å². The molecule has 1 N–H and O–H groups in total. The zero-order valence-electron chi connectivity index (χ0n) is 9.87. The van der Waals surface area contributed by atoms with Crippen molar-refractivity contribution < 1.29 is 18.3 Å². The largest absolute Gasteiger partial charge is 0.416 e. The maximum absolute atomic E-state index is 12.6. The van der Waals surface area contributed by atoms with E-state index in [9.17, 15) is 18.3 Å². The predicted molar refractivity (Wildman–Crippen MR) is 63.0 cm³/mol. The first-order valence-electron chi connectivity index (χ1n) is 6.02. The number of benzene rings is 1. The molecule has 0 aromatic heterocycles. The minimum atomic E-state index is -4.36. The van der Waals surface area contributed by atoms with Crippen LogP contribution in [0.2, 0.25) is 0 Å². The fraction of sp³-hybridized carbons (Fsp3) is 0.429. The van der Waals surface area contributed by atoms with Crippen molar-refractivity contribution in [1.29, 1.82) is 0 Å². The van der Waals surface area contributed by atoms with Crippen molar-refractivity contribution >= 4 is 0 Å². The molecular weight excluding hydrogens is 241 g/mol. The third kappa shape index (κ3) is 2.93. The second kappa shape index (κ2) is 5.14.